The fourth-order valence-electron chi connectivity index (χ4n) is 4.65. The molecule has 2 atom stereocenters. The fraction of sp³-hybridized carbons (Fsp3) is 0.458. The van der Waals surface area contributed by atoms with Gasteiger partial charge in [-0.2, -0.15) is 0 Å². The summed E-state index contributed by atoms with van der Waals surface area (Å²) in [6.45, 7) is 2.44. The molecule has 3 N–H and O–H groups in total. The Balaban J connectivity index is 1.52. The van der Waals surface area contributed by atoms with E-state index in [1.807, 2.05) is 31.2 Å². The quantitative estimate of drug-likeness (QED) is 0.624. The number of carboxylic acids is 1. The molecular weight excluding hydrogens is 412 g/mol. The van der Waals surface area contributed by atoms with Crippen LogP contribution < -0.4 is 10.6 Å². The second-order valence-electron chi connectivity index (χ2n) is 8.55. The van der Waals surface area contributed by atoms with Gasteiger partial charge < -0.3 is 15.7 Å². The molecule has 0 aliphatic heterocycles. The summed E-state index contributed by atoms with van der Waals surface area (Å²) < 4.78 is 0. The van der Waals surface area contributed by atoms with E-state index in [0.717, 1.165) is 53.7 Å². The van der Waals surface area contributed by atoms with E-state index in [0.29, 0.717) is 30.0 Å². The Bertz CT molecular complexity index is 996. The van der Waals surface area contributed by atoms with Crippen molar-refractivity contribution in [3.63, 3.8) is 0 Å². The lowest BCUT2D eigenvalue weighted by atomic mass is 9.79. The highest BCUT2D eigenvalue weighted by molar-refractivity contribution is 7.17. The Labute approximate surface area is 186 Å². The van der Waals surface area contributed by atoms with Crippen molar-refractivity contribution in [2.45, 2.75) is 58.4 Å². The molecule has 2 aliphatic carbocycles. The van der Waals surface area contributed by atoms with Crippen LogP contribution in [0.25, 0.3) is 0 Å². The molecule has 0 saturated heterocycles. The lowest BCUT2D eigenvalue weighted by Gasteiger charge is -2.27. The second-order valence-corrected chi connectivity index (χ2v) is 9.66. The molecule has 0 spiro atoms. The number of fused-ring (bicyclic) bond motifs is 1. The number of anilines is 1. The molecule has 6 nitrogen and oxygen atoms in total. The second kappa shape index (κ2) is 9.22. The third-order valence-corrected chi connectivity index (χ3v) is 7.59. The number of amides is 2. The number of carbonyl (C=O) groups is 3. The van der Waals surface area contributed by atoms with Gasteiger partial charge in [0.25, 0.3) is 5.91 Å². The number of aryl methyl sites for hydroxylation is 2. The summed E-state index contributed by atoms with van der Waals surface area (Å²) in [5, 5.41) is 16.0. The van der Waals surface area contributed by atoms with Crippen LogP contribution in [-0.2, 0) is 29.0 Å². The maximum Gasteiger partial charge on any atom is 0.307 e. The molecule has 1 saturated carbocycles. The molecule has 0 bridgehead atoms. The van der Waals surface area contributed by atoms with Gasteiger partial charge in [-0.25, -0.2) is 0 Å². The topological polar surface area (TPSA) is 95.5 Å². The predicted molar refractivity (Wildman–Crippen MR) is 120 cm³/mol. The Morgan fingerprint density at radius 3 is 2.45 bits per heavy atom. The first kappa shape index (κ1) is 21.6. The molecule has 1 fully saturated rings. The van der Waals surface area contributed by atoms with E-state index in [9.17, 15) is 19.5 Å². The first-order chi connectivity index (χ1) is 14.9. The Morgan fingerprint density at radius 2 is 1.74 bits per heavy atom. The van der Waals surface area contributed by atoms with Gasteiger partial charge in [0.15, 0.2) is 0 Å². The third-order valence-electron chi connectivity index (χ3n) is 6.38. The zero-order valence-corrected chi connectivity index (χ0v) is 18.5. The zero-order valence-electron chi connectivity index (χ0n) is 17.7. The van der Waals surface area contributed by atoms with Gasteiger partial charge in [-0.05, 0) is 50.2 Å². The molecule has 0 unspecified atom stereocenters. The molecule has 0 radical (unpaired) electrons. The van der Waals surface area contributed by atoms with Gasteiger partial charge in [0.1, 0.15) is 5.00 Å². The van der Waals surface area contributed by atoms with Crippen molar-refractivity contribution < 1.29 is 19.5 Å². The van der Waals surface area contributed by atoms with Gasteiger partial charge >= 0.3 is 5.97 Å². The average molecular weight is 441 g/mol. The SMILES string of the molecule is Cc1ccc(CNC(=O)c2c(NC(=O)[C@@H]3CCCC[C@H]3C(=O)O)sc3c2CCC3)cc1. The maximum absolute atomic E-state index is 13.1. The minimum atomic E-state index is -0.912. The number of hydrogen-bond donors (Lipinski definition) is 3. The number of carboxylic acid groups (broad SMARTS) is 1. The van der Waals surface area contributed by atoms with Crippen molar-refractivity contribution in [3.8, 4) is 0 Å². The number of nitrogens with one attached hydrogen (secondary N) is 2. The first-order valence-corrected chi connectivity index (χ1v) is 11.8. The van der Waals surface area contributed by atoms with Gasteiger partial charge in [0, 0.05) is 11.4 Å². The van der Waals surface area contributed by atoms with Gasteiger partial charge in [-0.15, -0.1) is 11.3 Å². The fourth-order valence-corrected chi connectivity index (χ4v) is 5.94. The lowest BCUT2D eigenvalue weighted by molar-refractivity contribution is -0.147. The number of hydrogen-bond acceptors (Lipinski definition) is 4. The molecular formula is C24H28N2O4S. The minimum Gasteiger partial charge on any atom is -0.481 e. The highest BCUT2D eigenvalue weighted by Crippen LogP contribution is 2.40. The van der Waals surface area contributed by atoms with Gasteiger partial charge in [-0.1, -0.05) is 42.7 Å². The van der Waals surface area contributed by atoms with Crippen LogP contribution in [0.5, 0.6) is 0 Å². The van der Waals surface area contributed by atoms with Crippen molar-refractivity contribution >= 4 is 34.1 Å². The Kier molecular flexibility index (Phi) is 6.41. The Hall–Kier alpha value is -2.67. The molecule has 2 amide bonds. The lowest BCUT2D eigenvalue weighted by Crippen LogP contribution is -2.36. The summed E-state index contributed by atoms with van der Waals surface area (Å²) in [5.74, 6) is -2.58. The summed E-state index contributed by atoms with van der Waals surface area (Å²) >= 11 is 1.46. The van der Waals surface area contributed by atoms with E-state index in [-0.39, 0.29) is 11.8 Å². The number of thiophene rings is 1. The van der Waals surface area contributed by atoms with E-state index in [2.05, 4.69) is 10.6 Å². The van der Waals surface area contributed by atoms with E-state index in [1.165, 1.54) is 11.3 Å². The number of carbonyl (C=O) groups excluding carboxylic acids is 2. The summed E-state index contributed by atoms with van der Waals surface area (Å²) in [5.41, 5.74) is 3.77. The highest BCUT2D eigenvalue weighted by Gasteiger charge is 2.37. The van der Waals surface area contributed by atoms with Crippen LogP contribution >= 0.6 is 11.3 Å². The molecule has 2 aliphatic rings. The van der Waals surface area contributed by atoms with Crippen LogP contribution in [0.2, 0.25) is 0 Å². The molecule has 2 aromatic rings. The summed E-state index contributed by atoms with van der Waals surface area (Å²) in [6, 6.07) is 8.01. The van der Waals surface area contributed by atoms with Gasteiger partial charge in [0.2, 0.25) is 5.91 Å². The van der Waals surface area contributed by atoms with Crippen LogP contribution in [0.4, 0.5) is 5.00 Å². The minimum absolute atomic E-state index is 0.186. The normalized spacial score (nSPS) is 20.2. The van der Waals surface area contributed by atoms with E-state index in [1.54, 1.807) is 0 Å². The Morgan fingerprint density at radius 1 is 1.03 bits per heavy atom. The molecule has 4 rings (SSSR count). The maximum atomic E-state index is 13.1. The van der Waals surface area contributed by atoms with Crippen molar-refractivity contribution in [2.75, 3.05) is 5.32 Å². The predicted octanol–water partition coefficient (Wildman–Crippen LogP) is 4.30. The zero-order chi connectivity index (χ0) is 22.0. The molecule has 1 heterocycles. The molecule has 1 aromatic carbocycles. The standard InChI is InChI=1S/C24H28N2O4S/c1-14-9-11-15(12-10-14)13-25-22(28)20-18-7-4-8-19(18)31-23(20)26-21(27)16-5-2-3-6-17(16)24(29)30/h9-12,16-17H,2-8,13H2,1H3,(H,25,28)(H,26,27)(H,29,30)/t16-,17-/m1/s1. The molecule has 1 aromatic heterocycles. The smallest absolute Gasteiger partial charge is 0.307 e. The van der Waals surface area contributed by atoms with E-state index >= 15 is 0 Å². The summed E-state index contributed by atoms with van der Waals surface area (Å²) in [7, 11) is 0. The number of aliphatic carboxylic acids is 1. The highest BCUT2D eigenvalue weighted by atomic mass is 32.1. The summed E-state index contributed by atoms with van der Waals surface area (Å²) in [6.07, 6.45) is 5.54. The number of rotatable bonds is 6. The monoisotopic (exact) mass is 440 g/mol. The van der Waals surface area contributed by atoms with E-state index in [4.69, 9.17) is 0 Å². The largest absolute Gasteiger partial charge is 0.481 e. The summed E-state index contributed by atoms with van der Waals surface area (Å²) in [4.78, 5) is 38.9. The average Bonchev–Trinajstić information content (AvgIpc) is 3.34. The molecule has 31 heavy (non-hydrogen) atoms. The van der Waals surface area contributed by atoms with Crippen molar-refractivity contribution in [2.24, 2.45) is 11.8 Å². The van der Waals surface area contributed by atoms with Crippen LogP contribution in [-0.4, -0.2) is 22.9 Å². The van der Waals surface area contributed by atoms with Crippen molar-refractivity contribution in [1.82, 2.24) is 5.32 Å². The number of benzene rings is 1. The van der Waals surface area contributed by atoms with Crippen molar-refractivity contribution in [3.05, 3.63) is 51.4 Å². The van der Waals surface area contributed by atoms with Gasteiger partial charge in [-0.3, -0.25) is 14.4 Å². The van der Waals surface area contributed by atoms with Crippen LogP contribution in [0.15, 0.2) is 24.3 Å². The van der Waals surface area contributed by atoms with Crippen molar-refractivity contribution in [1.29, 1.82) is 0 Å². The first-order valence-electron chi connectivity index (χ1n) is 11.0. The van der Waals surface area contributed by atoms with E-state index < -0.39 is 17.8 Å². The van der Waals surface area contributed by atoms with Crippen LogP contribution in [0.1, 0.15) is 64.0 Å². The van der Waals surface area contributed by atoms with Crippen LogP contribution in [0.3, 0.4) is 0 Å². The molecule has 164 valence electrons. The third kappa shape index (κ3) is 4.66. The van der Waals surface area contributed by atoms with Crippen LogP contribution in [0, 0.1) is 18.8 Å². The molecule has 7 heteroatoms. The van der Waals surface area contributed by atoms with Gasteiger partial charge in [0.05, 0.1) is 17.4 Å².